The van der Waals surface area contributed by atoms with E-state index in [4.69, 9.17) is 4.74 Å². The van der Waals surface area contributed by atoms with E-state index in [0.29, 0.717) is 13.0 Å². The Morgan fingerprint density at radius 3 is 2.85 bits per heavy atom. The van der Waals surface area contributed by atoms with E-state index in [1.807, 2.05) is 48.5 Å². The molecule has 2 aromatic rings. The minimum Gasteiger partial charge on any atom is -0.496 e. The minimum absolute atomic E-state index is 0.0215. The average Bonchev–Trinajstić information content (AvgIpc) is 2.85. The maximum atomic E-state index is 12.4. The lowest BCUT2D eigenvalue weighted by Crippen LogP contribution is -2.30. The monoisotopic (exact) mass is 384 g/mol. The Labute approximate surface area is 163 Å². The second-order valence-corrected chi connectivity index (χ2v) is 7.59. The van der Waals surface area contributed by atoms with Crippen molar-refractivity contribution in [2.24, 2.45) is 0 Å². The molecule has 142 valence electrons. The molecule has 0 aliphatic carbocycles. The number of nitrogens with one attached hydrogen (secondary N) is 2. The predicted molar refractivity (Wildman–Crippen MR) is 109 cm³/mol. The summed E-state index contributed by atoms with van der Waals surface area (Å²) in [7, 11) is 1.64. The first-order valence-electron chi connectivity index (χ1n) is 9.06. The van der Waals surface area contributed by atoms with Crippen LogP contribution < -0.4 is 15.4 Å². The average molecular weight is 385 g/mol. The highest BCUT2D eigenvalue weighted by atomic mass is 32.2. The molecule has 0 saturated heterocycles. The molecule has 0 radical (unpaired) electrons. The van der Waals surface area contributed by atoms with Crippen LogP contribution >= 0.6 is 11.8 Å². The van der Waals surface area contributed by atoms with Crippen LogP contribution in [0.25, 0.3) is 0 Å². The number of carbonyl (C=O) groups is 2. The molecule has 0 fully saturated rings. The number of ether oxygens (including phenoxy) is 1. The summed E-state index contributed by atoms with van der Waals surface area (Å²) >= 11 is 1.40. The van der Waals surface area contributed by atoms with Crippen molar-refractivity contribution in [3.05, 3.63) is 59.7 Å². The van der Waals surface area contributed by atoms with Gasteiger partial charge in [0.15, 0.2) is 0 Å². The minimum atomic E-state index is -0.211. The molecule has 2 amide bonds. The second-order valence-electron chi connectivity index (χ2n) is 6.40. The van der Waals surface area contributed by atoms with E-state index in [0.717, 1.165) is 35.4 Å². The number of thioether (sulfide) groups is 1. The number of aryl methyl sites for hydroxylation is 1. The fraction of sp³-hybridized carbons (Fsp3) is 0.333. The molecule has 6 heteroatoms. The van der Waals surface area contributed by atoms with Gasteiger partial charge in [-0.05, 0) is 42.5 Å². The van der Waals surface area contributed by atoms with Gasteiger partial charge in [-0.3, -0.25) is 9.59 Å². The summed E-state index contributed by atoms with van der Waals surface area (Å²) in [4.78, 5) is 24.5. The van der Waals surface area contributed by atoms with Crippen molar-refractivity contribution in [1.82, 2.24) is 5.32 Å². The van der Waals surface area contributed by atoms with Gasteiger partial charge in [-0.2, -0.15) is 0 Å². The SMILES string of the molecule is COc1ccccc1CCNC(=O)CS[C@@H]1CCc2ccccc2NC1=O. The van der Waals surface area contributed by atoms with Gasteiger partial charge in [-0.25, -0.2) is 0 Å². The second kappa shape index (κ2) is 9.46. The van der Waals surface area contributed by atoms with Crippen LogP contribution in [0.15, 0.2) is 48.5 Å². The van der Waals surface area contributed by atoms with E-state index >= 15 is 0 Å². The molecule has 0 aromatic heterocycles. The van der Waals surface area contributed by atoms with E-state index in [2.05, 4.69) is 10.6 Å². The summed E-state index contributed by atoms with van der Waals surface area (Å²) in [6.45, 7) is 0.544. The van der Waals surface area contributed by atoms with Crippen molar-refractivity contribution in [3.8, 4) is 5.75 Å². The van der Waals surface area contributed by atoms with Gasteiger partial charge in [0.05, 0.1) is 18.1 Å². The maximum absolute atomic E-state index is 12.4. The van der Waals surface area contributed by atoms with Crippen LogP contribution in [0.4, 0.5) is 5.69 Å². The number of carbonyl (C=O) groups excluding carboxylic acids is 2. The Kier molecular flexibility index (Phi) is 6.76. The van der Waals surface area contributed by atoms with Crippen molar-refractivity contribution in [2.45, 2.75) is 24.5 Å². The van der Waals surface area contributed by atoms with Crippen molar-refractivity contribution in [1.29, 1.82) is 0 Å². The first-order chi connectivity index (χ1) is 13.2. The van der Waals surface area contributed by atoms with Gasteiger partial charge in [-0.15, -0.1) is 11.8 Å². The van der Waals surface area contributed by atoms with E-state index in [1.54, 1.807) is 7.11 Å². The third-order valence-corrected chi connectivity index (χ3v) is 5.85. The quantitative estimate of drug-likeness (QED) is 0.770. The molecule has 0 saturated carbocycles. The van der Waals surface area contributed by atoms with Crippen molar-refractivity contribution in [2.75, 3.05) is 24.7 Å². The molecule has 2 N–H and O–H groups in total. The van der Waals surface area contributed by atoms with Crippen LogP contribution in [-0.2, 0) is 22.4 Å². The van der Waals surface area contributed by atoms with Gasteiger partial charge in [0.25, 0.3) is 0 Å². The number of hydrogen-bond acceptors (Lipinski definition) is 4. The Hall–Kier alpha value is -2.47. The highest BCUT2D eigenvalue weighted by molar-refractivity contribution is 8.01. The molecule has 5 nitrogen and oxygen atoms in total. The molecular formula is C21H24N2O3S. The van der Waals surface area contributed by atoms with Crippen molar-refractivity contribution in [3.63, 3.8) is 0 Å². The summed E-state index contributed by atoms with van der Waals surface area (Å²) < 4.78 is 5.32. The summed E-state index contributed by atoms with van der Waals surface area (Å²) in [5.41, 5.74) is 3.09. The molecule has 1 atom stereocenters. The fourth-order valence-electron chi connectivity index (χ4n) is 3.12. The van der Waals surface area contributed by atoms with Crippen LogP contribution in [0, 0.1) is 0 Å². The Balaban J connectivity index is 1.43. The van der Waals surface area contributed by atoms with Crippen LogP contribution in [-0.4, -0.2) is 36.5 Å². The normalized spacial score (nSPS) is 16.0. The largest absolute Gasteiger partial charge is 0.496 e. The number of para-hydroxylation sites is 2. The summed E-state index contributed by atoms with van der Waals surface area (Å²) in [5, 5.41) is 5.68. The lowest BCUT2D eigenvalue weighted by molar-refractivity contribution is -0.118. The third kappa shape index (κ3) is 5.26. The molecule has 0 spiro atoms. The molecular weight excluding hydrogens is 360 g/mol. The van der Waals surface area contributed by atoms with Gasteiger partial charge in [0, 0.05) is 12.2 Å². The zero-order chi connectivity index (χ0) is 19.1. The summed E-state index contributed by atoms with van der Waals surface area (Å²) in [6, 6.07) is 15.6. The smallest absolute Gasteiger partial charge is 0.237 e. The lowest BCUT2D eigenvalue weighted by atomic mass is 10.1. The molecule has 27 heavy (non-hydrogen) atoms. The first kappa shape index (κ1) is 19.3. The topological polar surface area (TPSA) is 67.4 Å². The molecule has 0 unspecified atom stereocenters. The van der Waals surface area contributed by atoms with Gasteiger partial charge >= 0.3 is 0 Å². The van der Waals surface area contributed by atoms with Crippen LogP contribution in [0.1, 0.15) is 17.5 Å². The van der Waals surface area contributed by atoms with Gasteiger partial charge in [-0.1, -0.05) is 36.4 Å². The predicted octanol–water partition coefficient (Wildman–Crippen LogP) is 3.04. The lowest BCUT2D eigenvalue weighted by Gasteiger charge is -2.13. The molecule has 1 aliphatic rings. The highest BCUT2D eigenvalue weighted by Crippen LogP contribution is 2.27. The van der Waals surface area contributed by atoms with Crippen LogP contribution in [0.3, 0.4) is 0 Å². The fourth-order valence-corrected chi connectivity index (χ4v) is 4.07. The van der Waals surface area contributed by atoms with E-state index in [9.17, 15) is 9.59 Å². The Bertz CT molecular complexity index is 810. The molecule has 1 aliphatic heterocycles. The van der Waals surface area contributed by atoms with Crippen molar-refractivity contribution < 1.29 is 14.3 Å². The first-order valence-corrected chi connectivity index (χ1v) is 10.1. The van der Waals surface area contributed by atoms with Crippen molar-refractivity contribution >= 4 is 29.3 Å². The number of methoxy groups -OCH3 is 1. The number of benzene rings is 2. The Morgan fingerprint density at radius 1 is 1.22 bits per heavy atom. The molecule has 2 aromatic carbocycles. The number of amides is 2. The van der Waals surface area contributed by atoms with Crippen LogP contribution in [0.2, 0.25) is 0 Å². The number of fused-ring (bicyclic) bond motifs is 1. The number of rotatable bonds is 7. The van der Waals surface area contributed by atoms with Gasteiger partial charge in [0.2, 0.25) is 11.8 Å². The van der Waals surface area contributed by atoms with Gasteiger partial charge in [0.1, 0.15) is 5.75 Å². The van der Waals surface area contributed by atoms with E-state index in [-0.39, 0.29) is 22.8 Å². The molecule has 1 heterocycles. The van der Waals surface area contributed by atoms with Crippen LogP contribution in [0.5, 0.6) is 5.75 Å². The summed E-state index contributed by atoms with van der Waals surface area (Å²) in [5.74, 6) is 1.03. The Morgan fingerprint density at radius 2 is 2.00 bits per heavy atom. The number of anilines is 1. The standard InChI is InChI=1S/C21H24N2O3S/c1-26-18-9-5-3-7-16(18)12-13-22-20(24)14-27-19-11-10-15-6-2-4-8-17(15)23-21(19)25/h2-9,19H,10-14H2,1H3,(H,22,24)(H,23,25)/t19-/m1/s1. The van der Waals surface area contributed by atoms with E-state index < -0.39 is 0 Å². The molecule has 0 bridgehead atoms. The summed E-state index contributed by atoms with van der Waals surface area (Å²) in [6.07, 6.45) is 2.28. The molecule has 3 rings (SSSR count). The van der Waals surface area contributed by atoms with Gasteiger partial charge < -0.3 is 15.4 Å². The highest BCUT2D eigenvalue weighted by Gasteiger charge is 2.24. The van der Waals surface area contributed by atoms with E-state index in [1.165, 1.54) is 11.8 Å². The zero-order valence-electron chi connectivity index (χ0n) is 15.4. The third-order valence-electron chi connectivity index (χ3n) is 4.57. The maximum Gasteiger partial charge on any atom is 0.237 e. The zero-order valence-corrected chi connectivity index (χ0v) is 16.2. The number of hydrogen-bond donors (Lipinski definition) is 2.